The molecule has 0 saturated carbocycles. The highest BCUT2D eigenvalue weighted by Gasteiger charge is 2.24. The number of carbonyl (C=O) groups excluding carboxylic acids is 1. The van der Waals surface area contributed by atoms with Crippen LogP contribution in [0.25, 0.3) is 11.3 Å². The SMILES string of the molecule is CCC(NS(=O)(=O)c1ccc2c(c1)CCC(=O)N2)c1ncc(-c2ccccc2)[nH]1. The zero-order valence-electron chi connectivity index (χ0n) is 16.0. The third kappa shape index (κ3) is 4.08. The second kappa shape index (κ2) is 7.81. The van der Waals surface area contributed by atoms with Gasteiger partial charge in [0.05, 0.1) is 22.8 Å². The molecule has 1 atom stereocenters. The maximum absolute atomic E-state index is 13.0. The number of hydrogen-bond donors (Lipinski definition) is 3. The molecule has 1 aliphatic heterocycles. The van der Waals surface area contributed by atoms with E-state index in [9.17, 15) is 13.2 Å². The lowest BCUT2D eigenvalue weighted by atomic mass is 10.0. The Balaban J connectivity index is 1.57. The second-order valence-electron chi connectivity index (χ2n) is 7.00. The lowest BCUT2D eigenvalue weighted by molar-refractivity contribution is -0.116. The Morgan fingerprint density at radius 2 is 1.93 bits per heavy atom. The highest BCUT2D eigenvalue weighted by molar-refractivity contribution is 7.89. The van der Waals surface area contributed by atoms with Crippen LogP contribution >= 0.6 is 0 Å². The molecule has 1 aromatic heterocycles. The van der Waals surface area contributed by atoms with E-state index in [0.717, 1.165) is 16.8 Å². The molecule has 0 spiro atoms. The first-order valence-corrected chi connectivity index (χ1v) is 11.0. The van der Waals surface area contributed by atoms with Crippen molar-refractivity contribution in [1.82, 2.24) is 14.7 Å². The van der Waals surface area contributed by atoms with Gasteiger partial charge in [0.25, 0.3) is 0 Å². The minimum atomic E-state index is -3.74. The monoisotopic (exact) mass is 410 g/mol. The van der Waals surface area contributed by atoms with Gasteiger partial charge >= 0.3 is 0 Å². The Kier molecular flexibility index (Phi) is 5.21. The van der Waals surface area contributed by atoms with Crippen molar-refractivity contribution in [1.29, 1.82) is 0 Å². The quantitative estimate of drug-likeness (QED) is 0.579. The largest absolute Gasteiger partial charge is 0.341 e. The first-order valence-electron chi connectivity index (χ1n) is 9.51. The summed E-state index contributed by atoms with van der Waals surface area (Å²) in [7, 11) is -3.74. The molecular formula is C21H22N4O3S. The summed E-state index contributed by atoms with van der Waals surface area (Å²) in [6.45, 7) is 1.90. The zero-order valence-corrected chi connectivity index (χ0v) is 16.8. The van der Waals surface area contributed by atoms with Gasteiger partial charge in [-0.2, -0.15) is 0 Å². The summed E-state index contributed by atoms with van der Waals surface area (Å²) in [5.41, 5.74) is 3.32. The van der Waals surface area contributed by atoms with Crippen LogP contribution in [0.1, 0.15) is 37.2 Å². The molecule has 8 heteroatoms. The van der Waals surface area contributed by atoms with Crippen molar-refractivity contribution < 1.29 is 13.2 Å². The van der Waals surface area contributed by atoms with Crippen molar-refractivity contribution in [3.63, 3.8) is 0 Å². The molecule has 1 amide bonds. The summed E-state index contributed by atoms with van der Waals surface area (Å²) >= 11 is 0. The van der Waals surface area contributed by atoms with E-state index in [1.165, 1.54) is 6.07 Å². The van der Waals surface area contributed by atoms with Gasteiger partial charge in [0.1, 0.15) is 5.82 Å². The fourth-order valence-electron chi connectivity index (χ4n) is 3.39. The van der Waals surface area contributed by atoms with Crippen LogP contribution in [-0.4, -0.2) is 24.3 Å². The number of carbonyl (C=O) groups is 1. The van der Waals surface area contributed by atoms with Crippen molar-refractivity contribution in [2.45, 2.75) is 37.1 Å². The van der Waals surface area contributed by atoms with E-state index < -0.39 is 16.1 Å². The number of H-pyrrole nitrogens is 1. The number of hydrogen-bond acceptors (Lipinski definition) is 4. The highest BCUT2D eigenvalue weighted by atomic mass is 32.2. The summed E-state index contributed by atoms with van der Waals surface area (Å²) in [6, 6.07) is 14.0. The fraction of sp³-hybridized carbons (Fsp3) is 0.238. The molecule has 0 bridgehead atoms. The van der Waals surface area contributed by atoms with Gasteiger partial charge in [0, 0.05) is 12.1 Å². The average Bonchev–Trinajstić information content (AvgIpc) is 3.22. The summed E-state index contributed by atoms with van der Waals surface area (Å²) in [6.07, 6.45) is 3.14. The normalized spacial score (nSPS) is 14.9. The van der Waals surface area contributed by atoms with Gasteiger partial charge in [-0.3, -0.25) is 4.79 Å². The van der Waals surface area contributed by atoms with Crippen molar-refractivity contribution in [3.05, 3.63) is 66.1 Å². The van der Waals surface area contributed by atoms with E-state index in [4.69, 9.17) is 0 Å². The van der Waals surface area contributed by atoms with Crippen LogP contribution < -0.4 is 10.0 Å². The number of benzene rings is 2. The predicted octanol–water partition coefficient (Wildman–Crippen LogP) is 3.39. The van der Waals surface area contributed by atoms with E-state index in [0.29, 0.717) is 30.8 Å². The number of sulfonamides is 1. The number of fused-ring (bicyclic) bond motifs is 1. The van der Waals surface area contributed by atoms with Gasteiger partial charge in [-0.05, 0) is 42.2 Å². The Bertz CT molecular complexity index is 1140. The fourth-order valence-corrected chi connectivity index (χ4v) is 4.73. The lowest BCUT2D eigenvalue weighted by Crippen LogP contribution is -2.29. The van der Waals surface area contributed by atoms with Crippen LogP contribution in [0, 0.1) is 0 Å². The van der Waals surface area contributed by atoms with Crippen molar-refractivity contribution in [2.75, 3.05) is 5.32 Å². The van der Waals surface area contributed by atoms with Gasteiger partial charge in [-0.25, -0.2) is 18.1 Å². The first-order chi connectivity index (χ1) is 14.0. The number of anilines is 1. The molecule has 3 aromatic rings. The summed E-state index contributed by atoms with van der Waals surface area (Å²) in [5, 5.41) is 2.77. The lowest BCUT2D eigenvalue weighted by Gasteiger charge is -2.19. The minimum Gasteiger partial charge on any atom is -0.341 e. The molecule has 3 N–H and O–H groups in total. The third-order valence-corrected chi connectivity index (χ3v) is 6.47. The molecule has 1 unspecified atom stereocenters. The number of aryl methyl sites for hydroxylation is 1. The van der Waals surface area contributed by atoms with Gasteiger partial charge in [0.15, 0.2) is 0 Å². The molecule has 0 fully saturated rings. The Hall–Kier alpha value is -2.97. The maximum atomic E-state index is 13.0. The Morgan fingerprint density at radius 3 is 2.69 bits per heavy atom. The van der Waals surface area contributed by atoms with Crippen LogP contribution in [0.5, 0.6) is 0 Å². The molecule has 0 saturated heterocycles. The molecule has 150 valence electrons. The summed E-state index contributed by atoms with van der Waals surface area (Å²) < 4.78 is 28.7. The third-order valence-electron chi connectivity index (χ3n) is 5.00. The van der Waals surface area contributed by atoms with Crippen LogP contribution in [0.4, 0.5) is 5.69 Å². The molecule has 0 aliphatic carbocycles. The summed E-state index contributed by atoms with van der Waals surface area (Å²) in [5.74, 6) is 0.518. The number of nitrogens with one attached hydrogen (secondary N) is 3. The number of amides is 1. The topological polar surface area (TPSA) is 104 Å². The molecule has 1 aliphatic rings. The Morgan fingerprint density at radius 1 is 1.14 bits per heavy atom. The van der Waals surface area contributed by atoms with E-state index in [-0.39, 0.29) is 10.8 Å². The number of aromatic amines is 1. The summed E-state index contributed by atoms with van der Waals surface area (Å²) in [4.78, 5) is 19.3. The molecule has 4 rings (SSSR count). The van der Waals surface area contributed by atoms with Crippen LogP contribution in [0.15, 0.2) is 59.6 Å². The zero-order chi connectivity index (χ0) is 20.4. The smallest absolute Gasteiger partial charge is 0.241 e. The van der Waals surface area contributed by atoms with Gasteiger partial charge in [-0.15, -0.1) is 0 Å². The van der Waals surface area contributed by atoms with Crippen LogP contribution in [0.2, 0.25) is 0 Å². The van der Waals surface area contributed by atoms with Crippen molar-refractivity contribution >= 4 is 21.6 Å². The second-order valence-corrected chi connectivity index (χ2v) is 8.71. The van der Waals surface area contributed by atoms with E-state index >= 15 is 0 Å². The van der Waals surface area contributed by atoms with Gasteiger partial charge < -0.3 is 10.3 Å². The molecule has 7 nitrogen and oxygen atoms in total. The first kappa shape index (κ1) is 19.4. The van der Waals surface area contributed by atoms with Crippen molar-refractivity contribution in [2.24, 2.45) is 0 Å². The predicted molar refractivity (Wildman–Crippen MR) is 111 cm³/mol. The maximum Gasteiger partial charge on any atom is 0.241 e. The minimum absolute atomic E-state index is 0.0516. The number of aromatic nitrogens is 2. The molecule has 2 heterocycles. The van der Waals surface area contributed by atoms with Crippen molar-refractivity contribution in [3.8, 4) is 11.3 Å². The highest BCUT2D eigenvalue weighted by Crippen LogP contribution is 2.27. The van der Waals surface area contributed by atoms with E-state index in [2.05, 4.69) is 20.0 Å². The van der Waals surface area contributed by atoms with Crippen LogP contribution in [-0.2, 0) is 21.2 Å². The molecule has 29 heavy (non-hydrogen) atoms. The van der Waals surface area contributed by atoms with Gasteiger partial charge in [0.2, 0.25) is 15.9 Å². The number of nitrogens with zero attached hydrogens (tertiary/aromatic N) is 1. The number of imidazole rings is 1. The Labute approximate surface area is 169 Å². The average molecular weight is 410 g/mol. The molecular weight excluding hydrogens is 388 g/mol. The molecule has 2 aromatic carbocycles. The standard InChI is InChI=1S/C21H22N4O3S/c1-2-17(21-22-13-19(24-21)14-6-4-3-5-7-14)25-29(27,28)16-9-10-18-15(12-16)8-11-20(26)23-18/h3-7,9-10,12-13,17,25H,2,8,11H2,1H3,(H,22,24)(H,23,26). The molecule has 0 radical (unpaired) electrons. The van der Waals surface area contributed by atoms with E-state index in [1.807, 2.05) is 37.3 Å². The van der Waals surface area contributed by atoms with E-state index in [1.54, 1.807) is 18.3 Å². The van der Waals surface area contributed by atoms with Crippen LogP contribution in [0.3, 0.4) is 0 Å². The number of rotatable bonds is 6. The van der Waals surface area contributed by atoms with Gasteiger partial charge in [-0.1, -0.05) is 37.3 Å².